The first-order valence-corrected chi connectivity index (χ1v) is 10.1. The SMILES string of the molecule is Cc1ccc(C(C)C)c(OCC(=O)N2C[C@H]3C[C@H](C2)c2cccc(=O)n2C3)c1. The number of hydrogen-bond donors (Lipinski definition) is 0. The maximum Gasteiger partial charge on any atom is 0.260 e. The lowest BCUT2D eigenvalue weighted by molar-refractivity contribution is -0.136. The van der Waals surface area contributed by atoms with E-state index in [1.165, 1.54) is 0 Å². The number of ether oxygens (including phenoxy) is 1. The molecule has 5 nitrogen and oxygen atoms in total. The smallest absolute Gasteiger partial charge is 0.260 e. The van der Waals surface area contributed by atoms with E-state index >= 15 is 0 Å². The number of carbonyl (C=O) groups is 1. The second-order valence-electron chi connectivity index (χ2n) is 8.48. The van der Waals surface area contributed by atoms with E-state index in [2.05, 4.69) is 26.0 Å². The first-order valence-electron chi connectivity index (χ1n) is 10.1. The summed E-state index contributed by atoms with van der Waals surface area (Å²) < 4.78 is 7.85. The second kappa shape index (κ2) is 7.46. The van der Waals surface area contributed by atoms with Crippen LogP contribution in [0.1, 0.15) is 48.9 Å². The minimum Gasteiger partial charge on any atom is -0.483 e. The molecule has 2 aliphatic heterocycles. The highest BCUT2D eigenvalue weighted by Gasteiger charge is 2.36. The van der Waals surface area contributed by atoms with E-state index in [1.807, 2.05) is 34.6 Å². The molecule has 4 rings (SSSR count). The summed E-state index contributed by atoms with van der Waals surface area (Å²) in [5.41, 5.74) is 3.38. The van der Waals surface area contributed by atoms with Crippen molar-refractivity contribution in [3.05, 3.63) is 63.6 Å². The molecule has 0 radical (unpaired) electrons. The van der Waals surface area contributed by atoms with Gasteiger partial charge in [-0.05, 0) is 48.4 Å². The predicted molar refractivity (Wildman–Crippen MR) is 109 cm³/mol. The number of pyridine rings is 1. The van der Waals surface area contributed by atoms with Crippen LogP contribution in [0.5, 0.6) is 5.75 Å². The Morgan fingerprint density at radius 3 is 2.79 bits per heavy atom. The van der Waals surface area contributed by atoms with Crippen molar-refractivity contribution in [3.63, 3.8) is 0 Å². The number of hydrogen-bond acceptors (Lipinski definition) is 3. The highest BCUT2D eigenvalue weighted by molar-refractivity contribution is 5.78. The summed E-state index contributed by atoms with van der Waals surface area (Å²) in [5.74, 6) is 1.74. The molecule has 148 valence electrons. The lowest BCUT2D eigenvalue weighted by Crippen LogP contribution is -2.50. The molecule has 3 heterocycles. The van der Waals surface area contributed by atoms with Gasteiger partial charge in [-0.3, -0.25) is 9.59 Å². The van der Waals surface area contributed by atoms with Crippen LogP contribution in [0, 0.1) is 12.8 Å². The largest absolute Gasteiger partial charge is 0.483 e. The zero-order valence-electron chi connectivity index (χ0n) is 16.9. The maximum absolute atomic E-state index is 12.9. The van der Waals surface area contributed by atoms with Gasteiger partial charge in [-0.25, -0.2) is 0 Å². The van der Waals surface area contributed by atoms with Gasteiger partial charge in [0.15, 0.2) is 6.61 Å². The lowest BCUT2D eigenvalue weighted by atomic mass is 9.83. The molecule has 2 aromatic rings. The summed E-state index contributed by atoms with van der Waals surface area (Å²) in [6.45, 7) is 8.41. The van der Waals surface area contributed by atoms with Crippen molar-refractivity contribution in [1.29, 1.82) is 0 Å². The van der Waals surface area contributed by atoms with Gasteiger partial charge in [0.25, 0.3) is 11.5 Å². The molecule has 1 saturated heterocycles. The molecule has 1 amide bonds. The van der Waals surface area contributed by atoms with E-state index in [-0.39, 0.29) is 24.0 Å². The van der Waals surface area contributed by atoms with Crippen molar-refractivity contribution >= 4 is 5.91 Å². The molecule has 5 heteroatoms. The number of likely N-dealkylation sites (tertiary alicyclic amines) is 1. The summed E-state index contributed by atoms with van der Waals surface area (Å²) in [6.07, 6.45) is 1.05. The van der Waals surface area contributed by atoms with Crippen LogP contribution >= 0.6 is 0 Å². The molecular formula is C23H28N2O3. The molecule has 0 unspecified atom stereocenters. The minimum absolute atomic E-state index is 0.0256. The van der Waals surface area contributed by atoms with Crippen LogP contribution in [0.2, 0.25) is 0 Å². The Labute approximate surface area is 165 Å². The fraction of sp³-hybridized carbons (Fsp3) is 0.478. The highest BCUT2D eigenvalue weighted by atomic mass is 16.5. The van der Waals surface area contributed by atoms with Crippen LogP contribution in [-0.4, -0.2) is 35.1 Å². The van der Waals surface area contributed by atoms with E-state index in [9.17, 15) is 9.59 Å². The molecule has 0 N–H and O–H groups in total. The minimum atomic E-state index is 0.0256. The summed E-state index contributed by atoms with van der Waals surface area (Å²) in [5, 5.41) is 0. The first kappa shape index (κ1) is 18.8. The number of nitrogens with zero attached hydrogens (tertiary/aromatic N) is 2. The van der Waals surface area contributed by atoms with E-state index < -0.39 is 0 Å². The Morgan fingerprint density at radius 1 is 1.18 bits per heavy atom. The summed E-state index contributed by atoms with van der Waals surface area (Å²) in [4.78, 5) is 26.9. The van der Waals surface area contributed by atoms with Gasteiger partial charge >= 0.3 is 0 Å². The number of piperidine rings is 1. The molecule has 1 aromatic heterocycles. The van der Waals surface area contributed by atoms with Crippen LogP contribution < -0.4 is 10.3 Å². The molecule has 1 fully saturated rings. The van der Waals surface area contributed by atoms with Crippen molar-refractivity contribution in [2.45, 2.75) is 45.6 Å². The van der Waals surface area contributed by atoms with Crippen molar-refractivity contribution in [3.8, 4) is 5.75 Å². The average molecular weight is 380 g/mol. The molecule has 2 atom stereocenters. The van der Waals surface area contributed by atoms with E-state index in [1.54, 1.807) is 6.07 Å². The van der Waals surface area contributed by atoms with Crippen LogP contribution in [0.25, 0.3) is 0 Å². The number of aromatic nitrogens is 1. The molecule has 0 spiro atoms. The van der Waals surface area contributed by atoms with Crippen LogP contribution in [0.3, 0.4) is 0 Å². The third-order valence-corrected chi connectivity index (χ3v) is 5.97. The van der Waals surface area contributed by atoms with Crippen molar-refractivity contribution in [1.82, 2.24) is 9.47 Å². The van der Waals surface area contributed by atoms with Gasteiger partial charge in [0.1, 0.15) is 5.75 Å². The number of aryl methyl sites for hydroxylation is 1. The van der Waals surface area contributed by atoms with Gasteiger partial charge in [0, 0.05) is 37.3 Å². The summed E-state index contributed by atoms with van der Waals surface area (Å²) in [6, 6.07) is 11.6. The topological polar surface area (TPSA) is 51.5 Å². The van der Waals surface area contributed by atoms with Gasteiger partial charge in [-0.15, -0.1) is 0 Å². The predicted octanol–water partition coefficient (Wildman–Crippen LogP) is 3.30. The fourth-order valence-corrected chi connectivity index (χ4v) is 4.57. The third-order valence-electron chi connectivity index (χ3n) is 5.97. The Hall–Kier alpha value is -2.56. The molecule has 0 aliphatic carbocycles. The molecule has 1 aromatic carbocycles. The Bertz CT molecular complexity index is 947. The Kier molecular flexibility index (Phi) is 5.00. The number of rotatable bonds is 4. The zero-order valence-corrected chi connectivity index (χ0v) is 16.9. The van der Waals surface area contributed by atoms with Crippen LogP contribution in [0.15, 0.2) is 41.2 Å². The number of fused-ring (bicyclic) bond motifs is 4. The summed E-state index contributed by atoms with van der Waals surface area (Å²) in [7, 11) is 0. The van der Waals surface area contributed by atoms with Gasteiger partial charge < -0.3 is 14.2 Å². The Balaban J connectivity index is 1.46. The van der Waals surface area contributed by atoms with E-state index in [0.717, 1.165) is 29.0 Å². The summed E-state index contributed by atoms with van der Waals surface area (Å²) >= 11 is 0. The van der Waals surface area contributed by atoms with Crippen molar-refractivity contribution in [2.75, 3.05) is 19.7 Å². The normalized spacial score (nSPS) is 20.8. The molecule has 0 saturated carbocycles. The number of carbonyl (C=O) groups excluding carboxylic acids is 1. The van der Waals surface area contributed by atoms with Gasteiger partial charge in [-0.2, -0.15) is 0 Å². The average Bonchev–Trinajstić information content (AvgIpc) is 2.66. The monoisotopic (exact) mass is 380 g/mol. The first-order chi connectivity index (χ1) is 13.4. The number of benzene rings is 1. The number of amides is 1. The highest BCUT2D eigenvalue weighted by Crippen LogP contribution is 2.35. The standard InChI is InChI=1S/C23H28N2O3/c1-15(2)19-8-7-16(3)9-21(19)28-14-23(27)24-11-17-10-18(13-24)20-5-4-6-22(26)25(20)12-17/h4-9,15,17-18H,10-14H2,1-3H3/t17-,18-/m1/s1. The molecule has 2 bridgehead atoms. The fourth-order valence-electron chi connectivity index (χ4n) is 4.57. The van der Waals surface area contributed by atoms with Crippen LogP contribution in [-0.2, 0) is 11.3 Å². The lowest BCUT2D eigenvalue weighted by Gasteiger charge is -2.42. The van der Waals surface area contributed by atoms with Gasteiger partial charge in [0.05, 0.1) is 0 Å². The van der Waals surface area contributed by atoms with E-state index in [0.29, 0.717) is 31.5 Å². The van der Waals surface area contributed by atoms with Crippen molar-refractivity contribution in [2.24, 2.45) is 5.92 Å². The third kappa shape index (κ3) is 3.58. The molecular weight excluding hydrogens is 352 g/mol. The second-order valence-corrected chi connectivity index (χ2v) is 8.48. The van der Waals surface area contributed by atoms with Gasteiger partial charge in [-0.1, -0.05) is 32.0 Å². The zero-order chi connectivity index (χ0) is 19.8. The van der Waals surface area contributed by atoms with E-state index in [4.69, 9.17) is 4.74 Å². The Morgan fingerprint density at radius 2 is 2.00 bits per heavy atom. The van der Waals surface area contributed by atoms with Crippen molar-refractivity contribution < 1.29 is 9.53 Å². The molecule has 2 aliphatic rings. The quantitative estimate of drug-likeness (QED) is 0.818. The van der Waals surface area contributed by atoms with Crippen LogP contribution in [0.4, 0.5) is 0 Å². The maximum atomic E-state index is 12.9. The van der Waals surface area contributed by atoms with Gasteiger partial charge in [0.2, 0.25) is 0 Å². The molecule has 28 heavy (non-hydrogen) atoms.